The molecule has 2 aromatic rings. The van der Waals surface area contributed by atoms with Crippen LogP contribution in [0.4, 0.5) is 0 Å². The molecule has 0 saturated carbocycles. The number of rotatable bonds is 10. The molecule has 0 aliphatic heterocycles. The number of aryl methyl sites for hydroxylation is 2. The van der Waals surface area contributed by atoms with Crippen molar-refractivity contribution in [2.24, 2.45) is 0 Å². The summed E-state index contributed by atoms with van der Waals surface area (Å²) in [5.41, 5.74) is 2.25. The smallest absolute Gasteiger partial charge is 0.289 e. The highest BCUT2D eigenvalue weighted by atomic mass is 17.3. The Balaban J connectivity index is 1.93. The molecule has 0 N–H and O–H groups in total. The SMILES string of the molecule is [CH2]CCCC[C](OOC(=O)c1ccccc1C)OOC(=O)c1ccccc1C. The topological polar surface area (TPSA) is 71.1 Å². The van der Waals surface area contributed by atoms with Gasteiger partial charge in [-0.15, -0.1) is 9.78 Å². The highest BCUT2D eigenvalue weighted by molar-refractivity contribution is 5.91. The second-order valence-electron chi connectivity index (χ2n) is 6.22. The number of hydrogen-bond acceptors (Lipinski definition) is 6. The van der Waals surface area contributed by atoms with Gasteiger partial charge in [0.15, 0.2) is 0 Å². The van der Waals surface area contributed by atoms with Gasteiger partial charge in [0, 0.05) is 6.42 Å². The quantitative estimate of drug-likeness (QED) is 0.324. The molecular formula is C22H24O6. The van der Waals surface area contributed by atoms with Crippen LogP contribution < -0.4 is 0 Å². The number of carbonyl (C=O) groups is 2. The van der Waals surface area contributed by atoms with Gasteiger partial charge in [-0.05, 0) is 43.5 Å². The summed E-state index contributed by atoms with van der Waals surface area (Å²) in [6.07, 6.45) is 2.39. The van der Waals surface area contributed by atoms with Gasteiger partial charge >= 0.3 is 18.2 Å². The highest BCUT2D eigenvalue weighted by Crippen LogP contribution is 2.19. The molecule has 148 valence electrons. The first-order valence-corrected chi connectivity index (χ1v) is 9.07. The van der Waals surface area contributed by atoms with Gasteiger partial charge in [0.1, 0.15) is 0 Å². The van der Waals surface area contributed by atoms with Crippen molar-refractivity contribution < 1.29 is 29.1 Å². The van der Waals surface area contributed by atoms with E-state index in [1.807, 2.05) is 12.1 Å². The largest absolute Gasteiger partial charge is 0.373 e. The molecular weight excluding hydrogens is 360 g/mol. The monoisotopic (exact) mass is 384 g/mol. The van der Waals surface area contributed by atoms with Crippen LogP contribution in [-0.2, 0) is 19.6 Å². The molecule has 0 fully saturated rings. The number of carbonyl (C=O) groups excluding carboxylic acids is 2. The lowest BCUT2D eigenvalue weighted by Crippen LogP contribution is -2.17. The van der Waals surface area contributed by atoms with Gasteiger partial charge in [0.05, 0.1) is 11.1 Å². The minimum absolute atomic E-state index is 0.114. The second kappa shape index (κ2) is 11.2. The van der Waals surface area contributed by atoms with Gasteiger partial charge in [-0.1, -0.05) is 56.2 Å². The predicted octanol–water partition coefficient (Wildman–Crippen LogP) is 5.06. The van der Waals surface area contributed by atoms with E-state index in [0.717, 1.165) is 24.0 Å². The van der Waals surface area contributed by atoms with E-state index in [1.165, 1.54) is 0 Å². The van der Waals surface area contributed by atoms with E-state index in [-0.39, 0.29) is 12.7 Å². The number of hydrogen-bond donors (Lipinski definition) is 0. The van der Waals surface area contributed by atoms with Gasteiger partial charge < -0.3 is 0 Å². The van der Waals surface area contributed by atoms with Crippen LogP contribution in [0.15, 0.2) is 48.5 Å². The van der Waals surface area contributed by atoms with Crippen LogP contribution in [-0.4, -0.2) is 11.9 Å². The molecule has 0 spiro atoms. The summed E-state index contributed by atoms with van der Waals surface area (Å²) in [6, 6.07) is 13.9. The second-order valence-corrected chi connectivity index (χ2v) is 6.22. The van der Waals surface area contributed by atoms with E-state index in [0.29, 0.717) is 17.5 Å². The molecule has 2 rings (SSSR count). The first-order chi connectivity index (χ1) is 13.5. The summed E-state index contributed by atoms with van der Waals surface area (Å²) in [5, 5.41) is 0. The molecule has 0 atom stereocenters. The van der Waals surface area contributed by atoms with Crippen LogP contribution in [0.2, 0.25) is 0 Å². The molecule has 0 aliphatic carbocycles. The maximum absolute atomic E-state index is 12.2. The average Bonchev–Trinajstić information content (AvgIpc) is 2.70. The summed E-state index contributed by atoms with van der Waals surface area (Å²) < 4.78 is 0. The molecule has 0 unspecified atom stereocenters. The lowest BCUT2D eigenvalue weighted by Gasteiger charge is -2.14. The van der Waals surface area contributed by atoms with E-state index < -0.39 is 11.9 Å². The summed E-state index contributed by atoms with van der Waals surface area (Å²) in [5.74, 6) is -1.33. The van der Waals surface area contributed by atoms with Gasteiger partial charge in [-0.3, -0.25) is 9.78 Å². The van der Waals surface area contributed by atoms with Crippen molar-refractivity contribution >= 4 is 11.9 Å². The Morgan fingerprint density at radius 2 is 1.21 bits per heavy atom. The third-order valence-electron chi connectivity index (χ3n) is 4.03. The van der Waals surface area contributed by atoms with Crippen molar-refractivity contribution in [1.29, 1.82) is 0 Å². The van der Waals surface area contributed by atoms with Crippen LogP contribution in [0.1, 0.15) is 57.5 Å². The van der Waals surface area contributed by atoms with Crippen molar-refractivity contribution in [2.45, 2.75) is 39.5 Å². The van der Waals surface area contributed by atoms with Crippen molar-refractivity contribution in [2.75, 3.05) is 0 Å². The minimum Gasteiger partial charge on any atom is -0.289 e. The van der Waals surface area contributed by atoms with Crippen molar-refractivity contribution in [3.05, 3.63) is 84.0 Å². The lowest BCUT2D eigenvalue weighted by atomic mass is 10.1. The standard InChI is InChI=1S/C22H24O6/c1-4-5-6-15-20(25-27-21(23)18-13-9-7-11-16(18)2)26-28-22(24)19-14-10-8-12-17(19)3/h7-14H,1,4-6,15H2,2-3H3. The maximum atomic E-state index is 12.2. The zero-order valence-corrected chi connectivity index (χ0v) is 16.1. The molecule has 0 saturated heterocycles. The van der Waals surface area contributed by atoms with Crippen molar-refractivity contribution in [3.63, 3.8) is 0 Å². The van der Waals surface area contributed by atoms with Gasteiger partial charge in [-0.25, -0.2) is 9.59 Å². The predicted molar refractivity (Wildman–Crippen MR) is 102 cm³/mol. The number of unbranched alkanes of at least 4 members (excludes halogenated alkanes) is 2. The Morgan fingerprint density at radius 1 is 0.750 bits per heavy atom. The normalized spacial score (nSPS) is 10.7. The van der Waals surface area contributed by atoms with Crippen LogP contribution in [0.25, 0.3) is 0 Å². The molecule has 0 aromatic heterocycles. The summed E-state index contributed by atoms with van der Waals surface area (Å²) in [7, 11) is 0. The molecule has 6 nitrogen and oxygen atoms in total. The summed E-state index contributed by atoms with van der Waals surface area (Å²) in [4.78, 5) is 44.1. The van der Waals surface area contributed by atoms with Crippen molar-refractivity contribution in [1.82, 2.24) is 0 Å². The van der Waals surface area contributed by atoms with Gasteiger partial charge in [0.25, 0.3) is 0 Å². The van der Waals surface area contributed by atoms with Crippen LogP contribution in [0.5, 0.6) is 0 Å². The lowest BCUT2D eigenvalue weighted by molar-refractivity contribution is -0.364. The van der Waals surface area contributed by atoms with Gasteiger partial charge in [-0.2, -0.15) is 0 Å². The molecule has 0 aliphatic rings. The fraction of sp³-hybridized carbons (Fsp3) is 0.273. The Bertz CT molecular complexity index is 725. The highest BCUT2D eigenvalue weighted by Gasteiger charge is 2.22. The number of benzene rings is 2. The van der Waals surface area contributed by atoms with Crippen LogP contribution in [0, 0.1) is 27.1 Å². The molecule has 2 radical (unpaired) electrons. The van der Waals surface area contributed by atoms with Crippen molar-refractivity contribution in [3.8, 4) is 0 Å². The first-order valence-electron chi connectivity index (χ1n) is 9.07. The van der Waals surface area contributed by atoms with Gasteiger partial charge in [0.2, 0.25) is 0 Å². The third-order valence-corrected chi connectivity index (χ3v) is 4.03. The zero-order valence-electron chi connectivity index (χ0n) is 16.1. The Morgan fingerprint density at radius 3 is 1.64 bits per heavy atom. The zero-order chi connectivity index (χ0) is 20.4. The van der Waals surface area contributed by atoms with E-state index in [9.17, 15) is 9.59 Å². The first kappa shape index (κ1) is 21.6. The molecule has 0 heterocycles. The maximum Gasteiger partial charge on any atom is 0.373 e. The molecule has 0 amide bonds. The molecule has 0 bridgehead atoms. The average molecular weight is 384 g/mol. The third kappa shape index (κ3) is 6.48. The van der Waals surface area contributed by atoms with Crippen LogP contribution >= 0.6 is 0 Å². The van der Waals surface area contributed by atoms with Crippen LogP contribution in [0.3, 0.4) is 0 Å². The Kier molecular flexibility index (Phi) is 8.65. The van der Waals surface area contributed by atoms with E-state index in [1.54, 1.807) is 50.2 Å². The molecule has 28 heavy (non-hydrogen) atoms. The summed E-state index contributed by atoms with van der Waals surface area (Å²) in [6.45, 7) is 7.34. The Hall–Kier alpha value is -2.70. The fourth-order valence-electron chi connectivity index (χ4n) is 2.41. The summed E-state index contributed by atoms with van der Waals surface area (Å²) >= 11 is 0. The minimum atomic E-state index is -0.665. The van der Waals surface area contributed by atoms with E-state index >= 15 is 0 Å². The molecule has 6 heteroatoms. The Labute approximate surface area is 165 Å². The fourth-order valence-corrected chi connectivity index (χ4v) is 2.41. The molecule has 2 aromatic carbocycles. The van der Waals surface area contributed by atoms with E-state index in [4.69, 9.17) is 19.6 Å². The van der Waals surface area contributed by atoms with E-state index in [2.05, 4.69) is 6.92 Å².